The second-order valence-electron chi connectivity index (χ2n) is 1.01. The Bertz CT molecular complexity index is 119. The highest BCUT2D eigenvalue weighted by atomic mass is 16.5. The molecule has 0 saturated heterocycles. The van der Waals surface area contributed by atoms with Gasteiger partial charge in [-0.25, -0.2) is 9.59 Å². The van der Waals surface area contributed by atoms with Gasteiger partial charge in [-0.3, -0.25) is 0 Å². The fraction of sp³-hybridized carbons (Fsp3) is 0. The highest BCUT2D eigenvalue weighted by Crippen LogP contribution is 1.70. The highest BCUT2D eigenvalue weighted by molar-refractivity contribution is 5.89. The van der Waals surface area contributed by atoms with Crippen LogP contribution in [0.2, 0.25) is 0 Å². The van der Waals surface area contributed by atoms with Crippen LogP contribution < -0.4 is 0 Å². The van der Waals surface area contributed by atoms with E-state index in [2.05, 4.69) is 0 Å². The van der Waals surface area contributed by atoms with Gasteiger partial charge < -0.3 is 10.2 Å². The molecule has 0 aliphatic rings. The smallest absolute Gasteiger partial charge is 0.328 e. The zero-order chi connectivity index (χ0) is 6.57. The van der Waals surface area contributed by atoms with Crippen LogP contribution in [-0.4, -0.2) is 22.2 Å². The van der Waals surface area contributed by atoms with Gasteiger partial charge in [-0.2, -0.15) is 0 Å². The van der Waals surface area contributed by atoms with E-state index in [-0.39, 0.29) is 0 Å². The van der Waals surface area contributed by atoms with Crippen molar-refractivity contribution in [3.05, 3.63) is 12.2 Å². The molecule has 0 aliphatic carbocycles. The van der Waals surface area contributed by atoms with Gasteiger partial charge in [-0.15, -0.1) is 0 Å². The number of aliphatic carboxylic acids is 2. The monoisotopic (exact) mass is 117 g/mol. The van der Waals surface area contributed by atoms with E-state index in [9.17, 15) is 9.59 Å². The van der Waals surface area contributed by atoms with Crippen LogP contribution >= 0.6 is 0 Å². The van der Waals surface area contributed by atoms with Crippen molar-refractivity contribution in [2.75, 3.05) is 0 Å². The van der Waals surface area contributed by atoms with Crippen LogP contribution in [0.15, 0.2) is 12.2 Å². The van der Waals surface area contributed by atoms with Crippen LogP contribution in [0.1, 0.15) is 0 Å². The maximum absolute atomic E-state index is 9.55. The molecule has 0 aromatic carbocycles. The second kappa shape index (κ2) is 2.79. The lowest BCUT2D eigenvalue weighted by Crippen LogP contribution is -1.91. The largest absolute Gasteiger partial charge is 0.478 e. The van der Waals surface area contributed by atoms with Crippen LogP contribution in [0.3, 0.4) is 0 Å². The van der Waals surface area contributed by atoms with Crippen molar-refractivity contribution >= 4 is 11.9 Å². The number of hydrogen-bond acceptors (Lipinski definition) is 2. The average Bonchev–Trinajstić information content (AvgIpc) is 1.61. The van der Waals surface area contributed by atoms with E-state index < -0.39 is 11.9 Å². The molecule has 0 rings (SSSR count). The maximum Gasteiger partial charge on any atom is 0.328 e. The third kappa shape index (κ3) is 4.68. The quantitative estimate of drug-likeness (QED) is 0.385. The lowest BCUT2D eigenvalue weighted by molar-refractivity contribution is -0.134. The van der Waals surface area contributed by atoms with Gasteiger partial charge in [-0.05, 0) is 0 Å². The molecule has 0 bridgehead atoms. The minimum Gasteiger partial charge on any atom is -0.478 e. The Morgan fingerprint density at radius 2 is 1.25 bits per heavy atom. The van der Waals surface area contributed by atoms with Gasteiger partial charge in [0.05, 0.1) is 0 Å². The Balaban J connectivity index is 3.67. The first-order valence-electron chi connectivity index (χ1n) is 1.77. The van der Waals surface area contributed by atoms with E-state index in [0.717, 1.165) is 0 Å². The molecule has 0 fully saturated rings. The summed E-state index contributed by atoms with van der Waals surface area (Å²) in [6.07, 6.45) is 1.12. The highest BCUT2D eigenvalue weighted by Gasteiger charge is 1.88. The number of carboxylic acid groups (broad SMARTS) is 2. The molecule has 0 aliphatic heterocycles. The molecular formula is C4H4O4. The third-order valence-corrected chi connectivity index (χ3v) is 0.368. The minimum absolute atomic E-state index is 0.558. The zero-order valence-corrected chi connectivity index (χ0v) is 3.87. The van der Waals surface area contributed by atoms with E-state index >= 15 is 0 Å². The Morgan fingerprint density at radius 3 is 1.38 bits per heavy atom. The van der Waals surface area contributed by atoms with Crippen LogP contribution in [0.25, 0.3) is 0 Å². The summed E-state index contributed by atoms with van der Waals surface area (Å²) in [4.78, 5) is 19.1. The van der Waals surface area contributed by atoms with Crippen LogP contribution in [0, 0.1) is 0 Å². The van der Waals surface area contributed by atoms with Crippen LogP contribution in [-0.2, 0) is 9.59 Å². The van der Waals surface area contributed by atoms with Crippen molar-refractivity contribution in [3.63, 3.8) is 0 Å². The molecule has 44 valence electrons. The number of carboxylic acids is 2. The van der Waals surface area contributed by atoms with E-state index in [4.69, 9.17) is 10.2 Å². The summed E-state index contributed by atoms with van der Waals surface area (Å²) in [6.45, 7) is 0. The lowest BCUT2D eigenvalue weighted by atomic mass is 10.6. The van der Waals surface area contributed by atoms with Gasteiger partial charge in [0.2, 0.25) is 0 Å². The first-order valence-corrected chi connectivity index (χ1v) is 1.77. The standard InChI is InChI=1S/C4H4O4/c5-3(6)1-2-4(7)8/h1-2H,(H,5,6)(H,7,8)/i3+1. The molecule has 0 aromatic heterocycles. The van der Waals surface area contributed by atoms with E-state index in [1.165, 1.54) is 0 Å². The molecule has 0 radical (unpaired) electrons. The summed E-state index contributed by atoms with van der Waals surface area (Å²) in [6, 6.07) is 0. The van der Waals surface area contributed by atoms with Gasteiger partial charge in [0.25, 0.3) is 0 Å². The summed E-state index contributed by atoms with van der Waals surface area (Å²) in [5, 5.41) is 15.6. The predicted octanol–water partition coefficient (Wildman–Crippen LogP) is -0.288. The summed E-state index contributed by atoms with van der Waals surface area (Å²) >= 11 is 0. The first kappa shape index (κ1) is 6.68. The van der Waals surface area contributed by atoms with Crippen LogP contribution in [0.5, 0.6) is 0 Å². The van der Waals surface area contributed by atoms with E-state index in [0.29, 0.717) is 12.2 Å². The maximum atomic E-state index is 9.55. The fourth-order valence-corrected chi connectivity index (χ4v) is 0.143. The molecule has 4 heteroatoms. The Morgan fingerprint density at radius 1 is 1.00 bits per heavy atom. The summed E-state index contributed by atoms with van der Waals surface area (Å²) in [5.41, 5.74) is 0. The number of hydrogen-bond donors (Lipinski definition) is 2. The second-order valence-corrected chi connectivity index (χ2v) is 1.01. The summed E-state index contributed by atoms with van der Waals surface area (Å²) in [7, 11) is 0. The SMILES string of the molecule is O=C(O)C=C[13C](=O)O. The van der Waals surface area contributed by atoms with Gasteiger partial charge >= 0.3 is 11.9 Å². The molecule has 8 heavy (non-hydrogen) atoms. The average molecular weight is 117 g/mol. The van der Waals surface area contributed by atoms with Gasteiger partial charge in [0.15, 0.2) is 0 Å². The molecule has 0 unspecified atom stereocenters. The van der Waals surface area contributed by atoms with Gasteiger partial charge in [0, 0.05) is 12.2 Å². The van der Waals surface area contributed by atoms with Gasteiger partial charge in [-0.1, -0.05) is 0 Å². The van der Waals surface area contributed by atoms with Crippen molar-refractivity contribution in [3.8, 4) is 0 Å². The van der Waals surface area contributed by atoms with Gasteiger partial charge in [0.1, 0.15) is 0 Å². The Kier molecular flexibility index (Phi) is 2.33. The molecule has 2 N–H and O–H groups in total. The third-order valence-electron chi connectivity index (χ3n) is 0.368. The van der Waals surface area contributed by atoms with E-state index in [1.807, 2.05) is 0 Å². The molecule has 0 spiro atoms. The molecule has 4 nitrogen and oxygen atoms in total. The molecule has 0 heterocycles. The zero-order valence-electron chi connectivity index (χ0n) is 3.87. The number of carbonyl (C=O) groups is 2. The van der Waals surface area contributed by atoms with Crippen molar-refractivity contribution in [2.24, 2.45) is 0 Å². The van der Waals surface area contributed by atoms with E-state index in [1.54, 1.807) is 0 Å². The normalized spacial score (nSPS) is 9.50. The predicted molar refractivity (Wildman–Crippen MR) is 24.4 cm³/mol. The van der Waals surface area contributed by atoms with Crippen molar-refractivity contribution in [2.45, 2.75) is 0 Å². The molecular weight excluding hydrogens is 113 g/mol. The first-order chi connectivity index (χ1) is 3.63. The number of rotatable bonds is 2. The Labute approximate surface area is 45.1 Å². The topological polar surface area (TPSA) is 74.6 Å². The molecule has 0 aromatic rings. The molecule has 0 saturated carbocycles. The van der Waals surface area contributed by atoms with Crippen molar-refractivity contribution in [1.82, 2.24) is 0 Å². The van der Waals surface area contributed by atoms with Crippen molar-refractivity contribution in [1.29, 1.82) is 0 Å². The minimum atomic E-state index is -1.26. The Hall–Kier alpha value is -1.32. The summed E-state index contributed by atoms with van der Waals surface area (Å²) in [5.74, 6) is -2.51. The van der Waals surface area contributed by atoms with Crippen molar-refractivity contribution < 1.29 is 19.8 Å². The van der Waals surface area contributed by atoms with Crippen LogP contribution in [0.4, 0.5) is 0 Å². The fourth-order valence-electron chi connectivity index (χ4n) is 0.143. The molecule has 0 atom stereocenters. The molecule has 0 amide bonds. The summed E-state index contributed by atoms with van der Waals surface area (Å²) < 4.78 is 0. The lowest BCUT2D eigenvalue weighted by Gasteiger charge is -1.74.